The van der Waals surface area contributed by atoms with Crippen LogP contribution in [0.25, 0.3) is 0 Å². The van der Waals surface area contributed by atoms with Crippen LogP contribution in [0.4, 0.5) is 0 Å². The van der Waals surface area contributed by atoms with E-state index in [9.17, 15) is 9.59 Å². The number of carbonyl (C=O) groups excluding carboxylic acids is 2. The molecular formula is C10H15N5O2S. The van der Waals surface area contributed by atoms with Gasteiger partial charge in [-0.25, -0.2) is 0 Å². The van der Waals surface area contributed by atoms with E-state index in [1.807, 2.05) is 0 Å². The third-order valence-corrected chi connectivity index (χ3v) is 3.42. The van der Waals surface area contributed by atoms with Crippen LogP contribution in [0, 0.1) is 0 Å². The summed E-state index contributed by atoms with van der Waals surface area (Å²) in [5, 5.41) is 8.55. The Morgan fingerprint density at radius 2 is 2.22 bits per heavy atom. The predicted octanol–water partition coefficient (Wildman–Crippen LogP) is -0.782. The summed E-state index contributed by atoms with van der Waals surface area (Å²) in [4.78, 5) is 24.9. The molecule has 2 rings (SSSR count). The van der Waals surface area contributed by atoms with Crippen molar-refractivity contribution in [3.63, 3.8) is 0 Å². The quantitative estimate of drug-likeness (QED) is 0.746. The van der Waals surface area contributed by atoms with Crippen LogP contribution >= 0.6 is 11.5 Å². The second kappa shape index (κ2) is 5.87. The lowest BCUT2D eigenvalue weighted by atomic mass is 10.0. The molecule has 98 valence electrons. The minimum Gasteiger partial charge on any atom is -0.368 e. The molecule has 1 aliphatic rings. The molecule has 1 fully saturated rings. The summed E-state index contributed by atoms with van der Waals surface area (Å²) in [6.07, 6.45) is 1.63. The predicted molar refractivity (Wildman–Crippen MR) is 66.0 cm³/mol. The molecule has 0 unspecified atom stereocenters. The van der Waals surface area contributed by atoms with Crippen molar-refractivity contribution in [3.8, 4) is 0 Å². The average molecular weight is 269 g/mol. The number of aromatic nitrogens is 2. The van der Waals surface area contributed by atoms with Crippen LogP contribution < -0.4 is 11.1 Å². The van der Waals surface area contributed by atoms with E-state index in [1.54, 1.807) is 5.38 Å². The van der Waals surface area contributed by atoms with Crippen molar-refractivity contribution in [2.24, 2.45) is 5.73 Å². The van der Waals surface area contributed by atoms with Gasteiger partial charge in [0.15, 0.2) is 5.69 Å². The molecule has 1 aromatic heterocycles. The molecule has 0 aromatic carbocycles. The number of nitrogens with two attached hydrogens (primary N) is 1. The van der Waals surface area contributed by atoms with E-state index in [2.05, 4.69) is 14.9 Å². The summed E-state index contributed by atoms with van der Waals surface area (Å²) in [5.41, 5.74) is 5.49. The standard InChI is InChI=1S/C10H15N5O2S/c11-9(16)5-15(7-1-3-12-4-2-7)10(17)8-6-18-14-13-8/h6-7,12H,1-5H2,(H2,11,16). The number of rotatable bonds is 4. The van der Waals surface area contributed by atoms with Crippen molar-refractivity contribution in [2.75, 3.05) is 19.6 Å². The number of primary amides is 1. The van der Waals surface area contributed by atoms with E-state index < -0.39 is 5.91 Å². The van der Waals surface area contributed by atoms with Crippen LogP contribution in [-0.2, 0) is 4.79 Å². The monoisotopic (exact) mass is 269 g/mol. The number of carbonyl (C=O) groups is 2. The third kappa shape index (κ3) is 3.02. The van der Waals surface area contributed by atoms with Crippen molar-refractivity contribution in [3.05, 3.63) is 11.1 Å². The second-order valence-corrected chi connectivity index (χ2v) is 4.78. The van der Waals surface area contributed by atoms with E-state index in [0.29, 0.717) is 0 Å². The zero-order valence-corrected chi connectivity index (χ0v) is 10.7. The van der Waals surface area contributed by atoms with Crippen molar-refractivity contribution in [1.82, 2.24) is 19.8 Å². The maximum atomic E-state index is 12.2. The smallest absolute Gasteiger partial charge is 0.276 e. The van der Waals surface area contributed by atoms with Gasteiger partial charge in [-0.3, -0.25) is 9.59 Å². The second-order valence-electron chi connectivity index (χ2n) is 4.17. The fourth-order valence-corrected chi connectivity index (χ4v) is 2.49. The van der Waals surface area contributed by atoms with Gasteiger partial charge in [-0.05, 0) is 37.5 Å². The maximum absolute atomic E-state index is 12.2. The molecule has 0 aliphatic carbocycles. The van der Waals surface area contributed by atoms with Crippen molar-refractivity contribution >= 4 is 23.3 Å². The number of nitrogens with one attached hydrogen (secondary N) is 1. The van der Waals surface area contributed by atoms with Crippen molar-refractivity contribution in [2.45, 2.75) is 18.9 Å². The zero-order valence-electron chi connectivity index (χ0n) is 9.83. The van der Waals surface area contributed by atoms with Crippen LogP contribution in [-0.4, -0.2) is 52.0 Å². The minimum absolute atomic E-state index is 0.0351. The number of amides is 2. The SMILES string of the molecule is NC(=O)CN(C(=O)c1csnn1)C1CCNCC1. The zero-order chi connectivity index (χ0) is 13.0. The molecule has 18 heavy (non-hydrogen) atoms. The Labute approximate surface area is 109 Å². The molecule has 1 aromatic rings. The van der Waals surface area contributed by atoms with Gasteiger partial charge in [0.2, 0.25) is 5.91 Å². The van der Waals surface area contributed by atoms with Crippen molar-refractivity contribution < 1.29 is 9.59 Å². The number of nitrogens with zero attached hydrogens (tertiary/aromatic N) is 3. The topological polar surface area (TPSA) is 101 Å². The summed E-state index contributed by atoms with van der Waals surface area (Å²) in [5.74, 6) is -0.778. The Morgan fingerprint density at radius 3 is 2.78 bits per heavy atom. The first-order valence-corrected chi connectivity index (χ1v) is 6.59. The highest BCUT2D eigenvalue weighted by atomic mass is 32.1. The van der Waals surface area contributed by atoms with Gasteiger partial charge in [-0.2, -0.15) is 0 Å². The first-order chi connectivity index (χ1) is 8.68. The summed E-state index contributed by atoms with van der Waals surface area (Å²) < 4.78 is 3.67. The molecule has 7 nitrogen and oxygen atoms in total. The fourth-order valence-electron chi connectivity index (χ4n) is 2.06. The molecule has 0 spiro atoms. The van der Waals surface area contributed by atoms with Crippen LogP contribution in [0.15, 0.2) is 5.38 Å². The lowest BCUT2D eigenvalue weighted by Gasteiger charge is -2.33. The van der Waals surface area contributed by atoms with Gasteiger partial charge in [0.05, 0.1) is 6.54 Å². The van der Waals surface area contributed by atoms with Gasteiger partial charge in [0, 0.05) is 11.4 Å². The van der Waals surface area contributed by atoms with Crippen molar-refractivity contribution in [1.29, 1.82) is 0 Å². The third-order valence-electron chi connectivity index (χ3n) is 2.92. The van der Waals surface area contributed by atoms with Crippen LogP contribution in [0.2, 0.25) is 0 Å². The summed E-state index contributed by atoms with van der Waals surface area (Å²) in [7, 11) is 0. The number of hydrogen-bond donors (Lipinski definition) is 2. The molecule has 3 N–H and O–H groups in total. The minimum atomic E-state index is -0.509. The maximum Gasteiger partial charge on any atom is 0.276 e. The van der Waals surface area contributed by atoms with Crippen LogP contribution in [0.5, 0.6) is 0 Å². The van der Waals surface area contributed by atoms with Gasteiger partial charge >= 0.3 is 0 Å². The molecular weight excluding hydrogens is 254 g/mol. The van der Waals surface area contributed by atoms with Gasteiger partial charge < -0.3 is 16.0 Å². The molecule has 1 saturated heterocycles. The Hall–Kier alpha value is -1.54. The van der Waals surface area contributed by atoms with E-state index in [0.717, 1.165) is 37.5 Å². The molecule has 2 heterocycles. The largest absolute Gasteiger partial charge is 0.368 e. The highest BCUT2D eigenvalue weighted by molar-refractivity contribution is 7.03. The molecule has 0 atom stereocenters. The number of piperidine rings is 1. The molecule has 2 amide bonds. The lowest BCUT2D eigenvalue weighted by molar-refractivity contribution is -0.119. The van der Waals surface area contributed by atoms with Gasteiger partial charge in [0.25, 0.3) is 5.91 Å². The first-order valence-electron chi connectivity index (χ1n) is 5.75. The molecule has 0 radical (unpaired) electrons. The van der Waals surface area contributed by atoms with Crippen LogP contribution in [0.1, 0.15) is 23.3 Å². The Balaban J connectivity index is 2.13. The van der Waals surface area contributed by atoms with E-state index in [4.69, 9.17) is 5.73 Å². The summed E-state index contributed by atoms with van der Waals surface area (Å²) in [6.45, 7) is 1.60. The summed E-state index contributed by atoms with van der Waals surface area (Å²) >= 11 is 1.11. The van der Waals surface area contributed by atoms with Gasteiger partial charge in [0.1, 0.15) is 0 Å². The van der Waals surface area contributed by atoms with Gasteiger partial charge in [-0.15, -0.1) is 5.10 Å². The normalized spacial score (nSPS) is 16.4. The molecule has 0 saturated carbocycles. The molecule has 8 heteroatoms. The van der Waals surface area contributed by atoms with E-state index in [-0.39, 0.29) is 24.2 Å². The Bertz CT molecular complexity index is 416. The Morgan fingerprint density at radius 1 is 1.50 bits per heavy atom. The van der Waals surface area contributed by atoms with E-state index >= 15 is 0 Å². The highest BCUT2D eigenvalue weighted by Crippen LogP contribution is 2.15. The number of hydrogen-bond acceptors (Lipinski definition) is 6. The Kier molecular flexibility index (Phi) is 4.21. The van der Waals surface area contributed by atoms with Crippen LogP contribution in [0.3, 0.4) is 0 Å². The molecule has 0 bridgehead atoms. The molecule has 1 aliphatic heterocycles. The first kappa shape index (κ1) is 12.9. The fraction of sp³-hybridized carbons (Fsp3) is 0.600. The highest BCUT2D eigenvalue weighted by Gasteiger charge is 2.28. The average Bonchev–Trinajstić information content (AvgIpc) is 2.90. The lowest BCUT2D eigenvalue weighted by Crippen LogP contribution is -2.49. The summed E-state index contributed by atoms with van der Waals surface area (Å²) in [6, 6.07) is 0.0351. The van der Waals surface area contributed by atoms with Gasteiger partial charge in [-0.1, -0.05) is 4.49 Å². The van der Waals surface area contributed by atoms with E-state index in [1.165, 1.54) is 4.90 Å².